The van der Waals surface area contributed by atoms with Crippen LogP contribution < -0.4 is 10.6 Å². The van der Waals surface area contributed by atoms with E-state index in [2.05, 4.69) is 15.6 Å². The summed E-state index contributed by atoms with van der Waals surface area (Å²) in [6.45, 7) is 3.87. The van der Waals surface area contributed by atoms with Crippen molar-refractivity contribution >= 4 is 17.5 Å². The molecule has 2 aromatic rings. The topological polar surface area (TPSA) is 74.3 Å². The van der Waals surface area contributed by atoms with Gasteiger partial charge in [0.15, 0.2) is 0 Å². The minimum absolute atomic E-state index is 0.00179. The van der Waals surface area contributed by atoms with E-state index in [0.717, 1.165) is 38.0 Å². The van der Waals surface area contributed by atoms with Crippen LogP contribution in [-0.4, -0.2) is 40.8 Å². The second kappa shape index (κ2) is 9.28. The number of hydrogen-bond donors (Lipinski definition) is 2. The monoisotopic (exact) mass is 366 g/mol. The van der Waals surface area contributed by atoms with Gasteiger partial charge in [-0.25, -0.2) is 0 Å². The highest BCUT2D eigenvalue weighted by Crippen LogP contribution is 2.20. The Morgan fingerprint density at radius 3 is 2.67 bits per heavy atom. The lowest BCUT2D eigenvalue weighted by atomic mass is 10.0. The van der Waals surface area contributed by atoms with E-state index in [9.17, 15) is 9.59 Å². The van der Waals surface area contributed by atoms with E-state index in [-0.39, 0.29) is 17.9 Å². The number of aromatic nitrogens is 1. The minimum atomic E-state index is -0.128. The number of benzene rings is 1. The quantitative estimate of drug-likeness (QED) is 0.853. The van der Waals surface area contributed by atoms with Gasteiger partial charge in [0.25, 0.3) is 5.91 Å². The minimum Gasteiger partial charge on any atom is -0.330 e. The predicted molar refractivity (Wildman–Crippen MR) is 105 cm³/mol. The summed E-state index contributed by atoms with van der Waals surface area (Å²) in [5.74, 6) is -0.126. The summed E-state index contributed by atoms with van der Waals surface area (Å²) in [6, 6.07) is 13.0. The summed E-state index contributed by atoms with van der Waals surface area (Å²) in [7, 11) is 0. The van der Waals surface area contributed by atoms with Crippen LogP contribution in [-0.2, 0) is 11.3 Å². The van der Waals surface area contributed by atoms with Crippen molar-refractivity contribution in [3.63, 3.8) is 0 Å². The van der Waals surface area contributed by atoms with Crippen LogP contribution in [0.25, 0.3) is 0 Å². The number of anilines is 1. The van der Waals surface area contributed by atoms with Gasteiger partial charge in [0, 0.05) is 30.4 Å². The van der Waals surface area contributed by atoms with Crippen molar-refractivity contribution in [3.05, 3.63) is 59.9 Å². The second-order valence-corrected chi connectivity index (χ2v) is 6.85. The molecule has 2 heterocycles. The van der Waals surface area contributed by atoms with Gasteiger partial charge in [-0.15, -0.1) is 0 Å². The number of rotatable bonds is 5. The maximum atomic E-state index is 13.3. The molecule has 142 valence electrons. The van der Waals surface area contributed by atoms with Gasteiger partial charge >= 0.3 is 0 Å². The van der Waals surface area contributed by atoms with Gasteiger partial charge in [0.1, 0.15) is 0 Å². The van der Waals surface area contributed by atoms with Crippen LogP contribution in [0.5, 0.6) is 0 Å². The molecule has 0 aliphatic carbocycles. The molecule has 3 rings (SSSR count). The third kappa shape index (κ3) is 5.37. The van der Waals surface area contributed by atoms with E-state index in [4.69, 9.17) is 0 Å². The summed E-state index contributed by atoms with van der Waals surface area (Å²) in [6.07, 6.45) is 4.73. The number of nitrogens with one attached hydrogen (secondary N) is 2. The van der Waals surface area contributed by atoms with Crippen LogP contribution in [0.4, 0.5) is 5.69 Å². The molecule has 1 aliphatic heterocycles. The van der Waals surface area contributed by atoms with Gasteiger partial charge in [-0.3, -0.25) is 14.6 Å². The Morgan fingerprint density at radius 1 is 1.15 bits per heavy atom. The zero-order valence-corrected chi connectivity index (χ0v) is 15.6. The fraction of sp³-hybridized carbons (Fsp3) is 0.381. The molecule has 0 saturated carbocycles. The molecule has 1 aliphatic rings. The van der Waals surface area contributed by atoms with Crippen molar-refractivity contribution in [2.45, 2.75) is 38.8 Å². The smallest absolute Gasteiger partial charge is 0.254 e. The van der Waals surface area contributed by atoms with Crippen LogP contribution >= 0.6 is 0 Å². The molecule has 2 N–H and O–H groups in total. The molecular weight excluding hydrogens is 340 g/mol. The molecule has 0 bridgehead atoms. The summed E-state index contributed by atoms with van der Waals surface area (Å²) >= 11 is 0. The van der Waals surface area contributed by atoms with Crippen LogP contribution in [0, 0.1) is 0 Å². The number of nitrogens with zero attached hydrogens (tertiary/aromatic N) is 2. The van der Waals surface area contributed by atoms with E-state index in [1.54, 1.807) is 30.5 Å². The molecule has 1 unspecified atom stereocenters. The first-order chi connectivity index (χ1) is 13.1. The van der Waals surface area contributed by atoms with E-state index < -0.39 is 0 Å². The van der Waals surface area contributed by atoms with Crippen molar-refractivity contribution in [2.75, 3.05) is 18.4 Å². The Kier molecular flexibility index (Phi) is 6.54. The summed E-state index contributed by atoms with van der Waals surface area (Å²) in [5.41, 5.74) is 2.20. The number of pyridine rings is 1. The van der Waals surface area contributed by atoms with Gasteiger partial charge in [-0.1, -0.05) is 6.07 Å². The van der Waals surface area contributed by atoms with Crippen molar-refractivity contribution in [3.8, 4) is 0 Å². The highest BCUT2D eigenvalue weighted by molar-refractivity contribution is 5.95. The standard InChI is InChI=1S/C21H26N4O2/c1-16(26)24-18-9-7-17(8-10-18)21(27)25(15-19-5-2-3-13-23-19)20-6-4-12-22-14-11-20/h2-3,5,7-10,13,20,22H,4,6,11-12,14-15H2,1H3,(H,24,26). The molecule has 1 aromatic carbocycles. The van der Waals surface area contributed by atoms with Gasteiger partial charge in [0.2, 0.25) is 5.91 Å². The summed E-state index contributed by atoms with van der Waals surface area (Å²) < 4.78 is 0. The molecular formula is C21H26N4O2. The Morgan fingerprint density at radius 2 is 1.96 bits per heavy atom. The SMILES string of the molecule is CC(=O)Nc1ccc(C(=O)N(Cc2ccccn2)C2CCCNCC2)cc1. The Hall–Kier alpha value is -2.73. The zero-order chi connectivity index (χ0) is 19.1. The molecule has 1 atom stereocenters. The maximum Gasteiger partial charge on any atom is 0.254 e. The van der Waals surface area contributed by atoms with Gasteiger partial charge in [-0.05, 0) is 68.8 Å². The largest absolute Gasteiger partial charge is 0.330 e. The van der Waals surface area contributed by atoms with Crippen LogP contribution in [0.1, 0.15) is 42.2 Å². The average molecular weight is 366 g/mol. The number of carbonyl (C=O) groups is 2. The third-order valence-electron chi connectivity index (χ3n) is 4.76. The fourth-order valence-corrected chi connectivity index (χ4v) is 3.41. The Balaban J connectivity index is 1.81. The van der Waals surface area contributed by atoms with E-state index in [1.165, 1.54) is 6.92 Å². The highest BCUT2D eigenvalue weighted by Gasteiger charge is 2.26. The zero-order valence-electron chi connectivity index (χ0n) is 15.6. The van der Waals surface area contributed by atoms with Gasteiger partial charge in [0.05, 0.1) is 12.2 Å². The molecule has 2 amide bonds. The molecule has 1 saturated heterocycles. The maximum absolute atomic E-state index is 13.3. The van der Waals surface area contributed by atoms with Crippen molar-refractivity contribution in [2.24, 2.45) is 0 Å². The van der Waals surface area contributed by atoms with E-state index in [1.807, 2.05) is 23.1 Å². The van der Waals surface area contributed by atoms with Crippen molar-refractivity contribution < 1.29 is 9.59 Å². The van der Waals surface area contributed by atoms with E-state index >= 15 is 0 Å². The first kappa shape index (κ1) is 19.0. The molecule has 6 heteroatoms. The first-order valence-electron chi connectivity index (χ1n) is 9.43. The molecule has 1 fully saturated rings. The van der Waals surface area contributed by atoms with Crippen molar-refractivity contribution in [1.82, 2.24) is 15.2 Å². The lowest BCUT2D eigenvalue weighted by Crippen LogP contribution is -2.40. The Labute approximate surface area is 160 Å². The van der Waals surface area contributed by atoms with Crippen molar-refractivity contribution in [1.29, 1.82) is 0 Å². The fourth-order valence-electron chi connectivity index (χ4n) is 3.41. The first-order valence-corrected chi connectivity index (χ1v) is 9.43. The number of amides is 2. The lowest BCUT2D eigenvalue weighted by molar-refractivity contribution is -0.114. The molecule has 6 nitrogen and oxygen atoms in total. The van der Waals surface area contributed by atoms with Gasteiger partial charge in [-0.2, -0.15) is 0 Å². The molecule has 1 aromatic heterocycles. The van der Waals surface area contributed by atoms with Crippen LogP contribution in [0.2, 0.25) is 0 Å². The van der Waals surface area contributed by atoms with E-state index in [0.29, 0.717) is 17.8 Å². The van der Waals surface area contributed by atoms with Gasteiger partial charge < -0.3 is 15.5 Å². The molecule has 0 spiro atoms. The lowest BCUT2D eigenvalue weighted by Gasteiger charge is -2.31. The second-order valence-electron chi connectivity index (χ2n) is 6.85. The highest BCUT2D eigenvalue weighted by atomic mass is 16.2. The molecule has 27 heavy (non-hydrogen) atoms. The molecule has 0 radical (unpaired) electrons. The van der Waals surface area contributed by atoms with Crippen LogP contribution in [0.3, 0.4) is 0 Å². The summed E-state index contributed by atoms with van der Waals surface area (Å²) in [5, 5.41) is 6.14. The Bertz CT molecular complexity index is 754. The number of hydrogen-bond acceptors (Lipinski definition) is 4. The third-order valence-corrected chi connectivity index (χ3v) is 4.76. The average Bonchev–Trinajstić information content (AvgIpc) is 2.96. The number of carbonyl (C=O) groups excluding carboxylic acids is 2. The normalized spacial score (nSPS) is 17.0. The van der Waals surface area contributed by atoms with Crippen LogP contribution in [0.15, 0.2) is 48.7 Å². The summed E-state index contributed by atoms with van der Waals surface area (Å²) in [4.78, 5) is 30.8. The predicted octanol–water partition coefficient (Wildman–Crippen LogP) is 2.82.